The average Bonchev–Trinajstić information content (AvgIpc) is 1.94. The molecule has 0 aromatic heterocycles. The van der Waals surface area contributed by atoms with Gasteiger partial charge in [0.25, 0.3) is 0 Å². The first kappa shape index (κ1) is 8.12. The van der Waals surface area contributed by atoms with E-state index in [-0.39, 0.29) is 0 Å². The van der Waals surface area contributed by atoms with Gasteiger partial charge < -0.3 is 0 Å². The van der Waals surface area contributed by atoms with Gasteiger partial charge >= 0.3 is 75.7 Å². The summed E-state index contributed by atoms with van der Waals surface area (Å²) in [5, 5.41) is 0. The minimum absolute atomic E-state index is 1.24. The zero-order valence-electron chi connectivity index (χ0n) is 6.44. The van der Waals surface area contributed by atoms with Crippen LogP contribution in [0, 0.1) is 13.8 Å². The van der Waals surface area contributed by atoms with E-state index in [0.717, 1.165) is 0 Å². The van der Waals surface area contributed by atoms with Gasteiger partial charge in [0.15, 0.2) is 0 Å². The van der Waals surface area contributed by atoms with Crippen molar-refractivity contribution in [3.63, 3.8) is 0 Å². The predicted octanol–water partition coefficient (Wildman–Crippen LogP) is 1.97. The van der Waals surface area contributed by atoms with Crippen LogP contribution in [0.2, 0.25) is 0 Å². The first-order valence-electron chi connectivity index (χ1n) is 3.45. The topological polar surface area (TPSA) is 0 Å². The molecule has 0 heterocycles. The molecule has 1 rings (SSSR count). The molecular formula is C9H11Sn. The van der Waals surface area contributed by atoms with Crippen LogP contribution in [-0.4, -0.2) is 22.5 Å². The molecule has 1 heteroatoms. The Morgan fingerprint density at radius 1 is 1.30 bits per heavy atom. The van der Waals surface area contributed by atoms with E-state index in [1.54, 1.807) is 22.5 Å². The molecule has 0 spiro atoms. The molecule has 0 fully saturated rings. The zero-order chi connectivity index (χ0) is 7.56. The van der Waals surface area contributed by atoms with Crippen LogP contribution in [0.5, 0.6) is 0 Å². The fraction of sp³-hybridized carbons (Fsp3) is 0.333. The van der Waals surface area contributed by atoms with Crippen molar-refractivity contribution >= 4 is 22.5 Å². The van der Waals surface area contributed by atoms with Gasteiger partial charge in [-0.25, -0.2) is 0 Å². The Labute approximate surface area is 75.7 Å². The molecule has 0 saturated carbocycles. The minimum atomic E-state index is 1.24. The van der Waals surface area contributed by atoms with Gasteiger partial charge in [-0.15, -0.1) is 0 Å². The van der Waals surface area contributed by atoms with Crippen LogP contribution in [0.25, 0.3) is 0 Å². The first-order chi connectivity index (χ1) is 4.74. The third-order valence-electron chi connectivity index (χ3n) is 1.70. The van der Waals surface area contributed by atoms with Crippen LogP contribution in [0.15, 0.2) is 18.2 Å². The van der Waals surface area contributed by atoms with Gasteiger partial charge in [-0.05, 0) is 0 Å². The fourth-order valence-electron chi connectivity index (χ4n) is 0.991. The molecule has 1 aromatic carbocycles. The third kappa shape index (κ3) is 1.75. The number of aryl methyl sites for hydroxylation is 2. The molecule has 10 heavy (non-hydrogen) atoms. The number of benzene rings is 1. The van der Waals surface area contributed by atoms with Crippen molar-refractivity contribution in [2.45, 2.75) is 18.3 Å². The van der Waals surface area contributed by atoms with Crippen molar-refractivity contribution in [1.82, 2.24) is 0 Å². The summed E-state index contributed by atoms with van der Waals surface area (Å²) in [5.74, 6) is 0. The monoisotopic (exact) mass is 239 g/mol. The molecule has 0 aliphatic carbocycles. The summed E-state index contributed by atoms with van der Waals surface area (Å²) in [7, 11) is 0. The van der Waals surface area contributed by atoms with Crippen LogP contribution < -0.4 is 0 Å². The standard InChI is InChI=1S/C9H11.Sn/c1-7-4-5-8(2)9(3)6-7;/h4-6H,3H2,1-2H3;. The molecule has 51 valence electrons. The predicted molar refractivity (Wildman–Crippen MR) is 45.4 cm³/mol. The molecular weight excluding hydrogens is 227 g/mol. The Morgan fingerprint density at radius 3 is 2.50 bits per heavy atom. The summed E-state index contributed by atoms with van der Waals surface area (Å²) in [6.45, 7) is 4.33. The number of hydrogen-bond donors (Lipinski definition) is 0. The average molecular weight is 238 g/mol. The Morgan fingerprint density at radius 2 is 2.00 bits per heavy atom. The van der Waals surface area contributed by atoms with Crippen molar-refractivity contribution in [3.05, 3.63) is 34.9 Å². The second-order valence-electron chi connectivity index (χ2n) is 2.61. The quantitative estimate of drug-likeness (QED) is 0.656. The molecule has 0 bridgehead atoms. The van der Waals surface area contributed by atoms with Crippen molar-refractivity contribution < 1.29 is 0 Å². The maximum absolute atomic E-state index is 2.28. The van der Waals surface area contributed by atoms with E-state index in [2.05, 4.69) is 32.0 Å². The van der Waals surface area contributed by atoms with E-state index >= 15 is 0 Å². The maximum atomic E-state index is 2.28. The van der Waals surface area contributed by atoms with Gasteiger partial charge in [0.2, 0.25) is 0 Å². The van der Waals surface area contributed by atoms with Crippen LogP contribution in [0.4, 0.5) is 0 Å². The molecule has 0 amide bonds. The van der Waals surface area contributed by atoms with E-state index < -0.39 is 0 Å². The van der Waals surface area contributed by atoms with E-state index in [4.69, 9.17) is 0 Å². The number of hydrogen-bond acceptors (Lipinski definition) is 0. The van der Waals surface area contributed by atoms with Gasteiger partial charge in [-0.1, -0.05) is 0 Å². The molecule has 0 aliphatic rings. The molecule has 3 radical (unpaired) electrons. The molecule has 0 nitrogen and oxygen atoms in total. The van der Waals surface area contributed by atoms with Crippen molar-refractivity contribution in [2.24, 2.45) is 0 Å². The molecule has 0 unspecified atom stereocenters. The molecule has 0 aliphatic heterocycles. The van der Waals surface area contributed by atoms with E-state index in [9.17, 15) is 0 Å². The Bertz CT molecular complexity index is 228. The second-order valence-corrected chi connectivity index (χ2v) is 3.62. The van der Waals surface area contributed by atoms with Crippen LogP contribution in [-0.2, 0) is 4.44 Å². The van der Waals surface area contributed by atoms with Crippen molar-refractivity contribution in [3.8, 4) is 0 Å². The first-order valence-corrected chi connectivity index (χ1v) is 5.46. The Hall–Kier alpha value is 0.0187. The summed E-state index contributed by atoms with van der Waals surface area (Å²) in [6.07, 6.45) is 0. The number of rotatable bonds is 1. The van der Waals surface area contributed by atoms with Gasteiger partial charge in [-0.2, -0.15) is 0 Å². The second kappa shape index (κ2) is 3.42. The Balaban J connectivity index is 3.09. The third-order valence-corrected chi connectivity index (χ3v) is 2.78. The summed E-state index contributed by atoms with van der Waals surface area (Å²) in [4.78, 5) is 0. The van der Waals surface area contributed by atoms with Gasteiger partial charge in [0.1, 0.15) is 0 Å². The summed E-state index contributed by atoms with van der Waals surface area (Å²) >= 11 is 1.60. The van der Waals surface area contributed by atoms with E-state index in [1.807, 2.05) is 0 Å². The molecule has 0 N–H and O–H groups in total. The fourth-order valence-corrected chi connectivity index (χ4v) is 2.08. The Kier molecular flexibility index (Phi) is 2.78. The van der Waals surface area contributed by atoms with Gasteiger partial charge in [0, 0.05) is 0 Å². The van der Waals surface area contributed by atoms with E-state index in [1.165, 1.54) is 21.1 Å². The molecule has 0 saturated heterocycles. The van der Waals surface area contributed by atoms with Crippen LogP contribution in [0.3, 0.4) is 0 Å². The normalized spacial score (nSPS) is 9.90. The SMILES string of the molecule is Cc1ccc(C)c([CH2][Sn])c1. The summed E-state index contributed by atoms with van der Waals surface area (Å²) in [6, 6.07) is 6.66. The van der Waals surface area contributed by atoms with E-state index in [0.29, 0.717) is 0 Å². The van der Waals surface area contributed by atoms with Crippen molar-refractivity contribution in [2.75, 3.05) is 0 Å². The van der Waals surface area contributed by atoms with Crippen LogP contribution in [0.1, 0.15) is 16.7 Å². The summed E-state index contributed by atoms with van der Waals surface area (Å²) in [5.41, 5.74) is 4.32. The van der Waals surface area contributed by atoms with Gasteiger partial charge in [-0.3, -0.25) is 0 Å². The van der Waals surface area contributed by atoms with Gasteiger partial charge in [0.05, 0.1) is 0 Å². The summed E-state index contributed by atoms with van der Waals surface area (Å²) < 4.78 is 1.24. The van der Waals surface area contributed by atoms with Crippen LogP contribution >= 0.6 is 0 Å². The van der Waals surface area contributed by atoms with Crippen molar-refractivity contribution in [1.29, 1.82) is 0 Å². The molecule has 0 atom stereocenters. The zero-order valence-corrected chi connectivity index (χ0v) is 9.29. The molecule has 1 aromatic rings.